The van der Waals surface area contributed by atoms with Gasteiger partial charge in [0, 0.05) is 6.20 Å². The van der Waals surface area contributed by atoms with E-state index in [1.807, 2.05) is 31.2 Å². The van der Waals surface area contributed by atoms with Gasteiger partial charge in [0.1, 0.15) is 5.52 Å². The monoisotopic (exact) mass is 352 g/mol. The van der Waals surface area contributed by atoms with Crippen molar-refractivity contribution in [2.75, 3.05) is 0 Å². The third-order valence-corrected chi connectivity index (χ3v) is 5.84. The highest BCUT2D eigenvalue weighted by atomic mass is 32.2. The lowest BCUT2D eigenvalue weighted by molar-refractivity contribution is 0.580. The fourth-order valence-electron chi connectivity index (χ4n) is 2.77. The van der Waals surface area contributed by atoms with Crippen LogP contribution in [0.3, 0.4) is 0 Å². The second-order valence-electron chi connectivity index (χ2n) is 5.85. The van der Waals surface area contributed by atoms with Crippen molar-refractivity contribution in [3.05, 3.63) is 78.1 Å². The minimum atomic E-state index is -3.64. The molecule has 0 unspecified atom stereocenters. The Morgan fingerprint density at radius 2 is 1.72 bits per heavy atom. The summed E-state index contributed by atoms with van der Waals surface area (Å²) in [5.74, 6) is 0. The van der Waals surface area contributed by atoms with E-state index in [1.165, 1.54) is 3.97 Å². The van der Waals surface area contributed by atoms with E-state index in [0.717, 1.165) is 16.6 Å². The first-order valence-corrected chi connectivity index (χ1v) is 9.26. The SMILES string of the molecule is Cc1ccc(S(=O)(=O)n2cccc2Cn2nnc3ccccc32)cc1. The first kappa shape index (κ1) is 15.6. The molecule has 0 saturated heterocycles. The smallest absolute Gasteiger partial charge is 0.244 e. The van der Waals surface area contributed by atoms with Crippen LogP contribution in [0.2, 0.25) is 0 Å². The van der Waals surface area contributed by atoms with Crippen LogP contribution >= 0.6 is 0 Å². The average molecular weight is 352 g/mol. The lowest BCUT2D eigenvalue weighted by Gasteiger charge is -2.11. The maximum Gasteiger partial charge on any atom is 0.267 e. The molecular formula is C18H16N4O2S. The molecule has 2 aromatic carbocycles. The molecule has 0 N–H and O–H groups in total. The molecule has 6 nitrogen and oxygen atoms in total. The quantitative estimate of drug-likeness (QED) is 0.566. The Hall–Kier alpha value is -2.93. The predicted octanol–water partition coefficient (Wildman–Crippen LogP) is 2.83. The van der Waals surface area contributed by atoms with Crippen LogP contribution in [0.5, 0.6) is 0 Å². The Labute approximate surface area is 145 Å². The van der Waals surface area contributed by atoms with Crippen LogP contribution in [0.4, 0.5) is 0 Å². The Kier molecular flexibility index (Phi) is 3.65. The standard InChI is InChI=1S/C18H16N4O2S/c1-14-8-10-16(11-9-14)25(23,24)22-12-4-5-15(22)13-21-18-7-3-2-6-17(18)19-20-21/h2-12H,13H2,1H3. The van der Waals surface area contributed by atoms with Gasteiger partial charge in [-0.3, -0.25) is 0 Å². The minimum absolute atomic E-state index is 0.263. The van der Waals surface area contributed by atoms with Crippen LogP contribution in [0.25, 0.3) is 11.0 Å². The van der Waals surface area contributed by atoms with Gasteiger partial charge in [0.15, 0.2) is 0 Å². The van der Waals surface area contributed by atoms with Gasteiger partial charge in [0.05, 0.1) is 22.7 Å². The minimum Gasteiger partial charge on any atom is -0.244 e. The third-order valence-electron chi connectivity index (χ3n) is 4.10. The molecule has 0 radical (unpaired) electrons. The van der Waals surface area contributed by atoms with Gasteiger partial charge in [-0.1, -0.05) is 35.0 Å². The summed E-state index contributed by atoms with van der Waals surface area (Å²) in [5, 5.41) is 8.25. The maximum atomic E-state index is 12.9. The van der Waals surface area contributed by atoms with Gasteiger partial charge in [0.2, 0.25) is 0 Å². The molecule has 25 heavy (non-hydrogen) atoms. The van der Waals surface area contributed by atoms with Crippen LogP contribution in [-0.4, -0.2) is 27.4 Å². The number of hydrogen-bond donors (Lipinski definition) is 0. The molecule has 2 heterocycles. The Morgan fingerprint density at radius 1 is 0.960 bits per heavy atom. The van der Waals surface area contributed by atoms with Crippen LogP contribution in [-0.2, 0) is 16.6 Å². The summed E-state index contributed by atoms with van der Waals surface area (Å²) in [6.45, 7) is 2.24. The summed E-state index contributed by atoms with van der Waals surface area (Å²) >= 11 is 0. The zero-order chi connectivity index (χ0) is 17.4. The number of para-hydroxylation sites is 1. The number of aromatic nitrogens is 4. The molecule has 0 aliphatic rings. The summed E-state index contributed by atoms with van der Waals surface area (Å²) in [7, 11) is -3.64. The van der Waals surface area contributed by atoms with E-state index in [9.17, 15) is 8.42 Å². The fraction of sp³-hybridized carbons (Fsp3) is 0.111. The Bertz CT molecular complexity index is 1140. The highest BCUT2D eigenvalue weighted by Gasteiger charge is 2.19. The van der Waals surface area contributed by atoms with E-state index in [-0.39, 0.29) is 4.90 Å². The maximum absolute atomic E-state index is 12.9. The highest BCUT2D eigenvalue weighted by molar-refractivity contribution is 7.90. The van der Waals surface area contributed by atoms with E-state index in [4.69, 9.17) is 0 Å². The first-order valence-electron chi connectivity index (χ1n) is 7.82. The van der Waals surface area contributed by atoms with Gasteiger partial charge in [-0.15, -0.1) is 5.10 Å². The normalized spacial score (nSPS) is 11.9. The van der Waals surface area contributed by atoms with Gasteiger partial charge in [-0.05, 0) is 43.3 Å². The van der Waals surface area contributed by atoms with Crippen LogP contribution in [0.15, 0.2) is 71.8 Å². The molecule has 0 atom stereocenters. The van der Waals surface area contributed by atoms with Crippen LogP contribution < -0.4 is 0 Å². The molecule has 0 aliphatic heterocycles. The van der Waals surface area contributed by atoms with Crippen molar-refractivity contribution in [3.8, 4) is 0 Å². The Morgan fingerprint density at radius 3 is 2.52 bits per heavy atom. The number of fused-ring (bicyclic) bond motifs is 1. The van der Waals surface area contributed by atoms with Gasteiger partial charge >= 0.3 is 0 Å². The number of rotatable bonds is 4. The summed E-state index contributed by atoms with van der Waals surface area (Å²) in [6, 6.07) is 17.9. The van der Waals surface area contributed by atoms with Crippen molar-refractivity contribution in [1.82, 2.24) is 19.0 Å². The summed E-state index contributed by atoms with van der Waals surface area (Å²) in [4.78, 5) is 0.263. The van der Waals surface area contributed by atoms with Crippen molar-refractivity contribution in [2.24, 2.45) is 0 Å². The van der Waals surface area contributed by atoms with Crippen molar-refractivity contribution in [3.63, 3.8) is 0 Å². The number of benzene rings is 2. The largest absolute Gasteiger partial charge is 0.267 e. The van der Waals surface area contributed by atoms with Crippen molar-refractivity contribution >= 4 is 21.1 Å². The van der Waals surface area contributed by atoms with Crippen molar-refractivity contribution in [2.45, 2.75) is 18.4 Å². The number of hydrogen-bond acceptors (Lipinski definition) is 4. The van der Waals surface area contributed by atoms with Gasteiger partial charge in [-0.25, -0.2) is 17.1 Å². The predicted molar refractivity (Wildman–Crippen MR) is 94.8 cm³/mol. The first-order chi connectivity index (χ1) is 12.1. The average Bonchev–Trinajstić information content (AvgIpc) is 3.24. The topological polar surface area (TPSA) is 69.8 Å². The molecule has 0 amide bonds. The van der Waals surface area contributed by atoms with E-state index in [1.54, 1.807) is 47.3 Å². The lowest BCUT2D eigenvalue weighted by atomic mass is 10.2. The van der Waals surface area contributed by atoms with Gasteiger partial charge in [-0.2, -0.15) is 0 Å². The third kappa shape index (κ3) is 2.72. The van der Waals surface area contributed by atoms with Gasteiger partial charge in [0.25, 0.3) is 10.0 Å². The van der Waals surface area contributed by atoms with Crippen LogP contribution in [0.1, 0.15) is 11.3 Å². The van der Waals surface area contributed by atoms with Gasteiger partial charge < -0.3 is 0 Å². The van der Waals surface area contributed by atoms with E-state index >= 15 is 0 Å². The molecule has 4 rings (SSSR count). The second kappa shape index (κ2) is 5.86. The summed E-state index contributed by atoms with van der Waals surface area (Å²) < 4.78 is 28.9. The molecule has 0 aliphatic carbocycles. The molecule has 2 aromatic heterocycles. The Balaban J connectivity index is 1.74. The molecule has 126 valence electrons. The molecule has 7 heteroatoms. The molecule has 0 fully saturated rings. The molecular weight excluding hydrogens is 336 g/mol. The van der Waals surface area contributed by atoms with Crippen molar-refractivity contribution in [1.29, 1.82) is 0 Å². The van der Waals surface area contributed by atoms with E-state index < -0.39 is 10.0 Å². The highest BCUT2D eigenvalue weighted by Crippen LogP contribution is 2.19. The second-order valence-corrected chi connectivity index (χ2v) is 7.66. The van der Waals surface area contributed by atoms with Crippen LogP contribution in [0, 0.1) is 6.92 Å². The summed E-state index contributed by atoms with van der Waals surface area (Å²) in [6.07, 6.45) is 1.56. The number of nitrogens with zero attached hydrogens (tertiary/aromatic N) is 4. The molecule has 4 aromatic rings. The lowest BCUT2D eigenvalue weighted by Crippen LogP contribution is -2.17. The summed E-state index contributed by atoms with van der Waals surface area (Å²) in [5.41, 5.74) is 3.28. The van der Waals surface area contributed by atoms with Crippen molar-refractivity contribution < 1.29 is 8.42 Å². The van der Waals surface area contributed by atoms with E-state index in [2.05, 4.69) is 10.3 Å². The molecule has 0 spiro atoms. The zero-order valence-corrected chi connectivity index (χ0v) is 14.4. The molecule has 0 bridgehead atoms. The van der Waals surface area contributed by atoms with E-state index in [0.29, 0.717) is 12.2 Å². The molecule has 0 saturated carbocycles. The fourth-order valence-corrected chi connectivity index (χ4v) is 4.13. The zero-order valence-electron chi connectivity index (χ0n) is 13.6. The number of aryl methyl sites for hydroxylation is 1.